The monoisotopic (exact) mass is 455 g/mol. The molecule has 2 aromatic rings. The van der Waals surface area contributed by atoms with E-state index in [2.05, 4.69) is 9.97 Å². The molecule has 1 aromatic carbocycles. The van der Waals surface area contributed by atoms with Crippen LogP contribution in [0.25, 0.3) is 11.3 Å². The van der Waals surface area contributed by atoms with E-state index in [1.165, 1.54) is 0 Å². The van der Waals surface area contributed by atoms with E-state index in [0.717, 1.165) is 16.7 Å². The number of ether oxygens (including phenoxy) is 2. The fourth-order valence-electron chi connectivity index (χ4n) is 3.82. The summed E-state index contributed by atoms with van der Waals surface area (Å²) in [5, 5.41) is 0. The van der Waals surface area contributed by atoms with E-state index in [9.17, 15) is 4.79 Å². The molecule has 1 N–H and O–H groups in total. The van der Waals surface area contributed by atoms with Crippen LogP contribution in [0.4, 0.5) is 4.79 Å². The van der Waals surface area contributed by atoms with Gasteiger partial charge in [0.2, 0.25) is 0 Å². The lowest BCUT2D eigenvalue weighted by molar-refractivity contribution is -0.0349. The standard InChI is InChI=1S/C24H34BN3O5/c1-22(2,3)31-21(29)28-12-13-30-15-19(28)20-26-14-18(27-20)16-8-10-17(11-9-16)25-32-23(4,5)24(6,7)33-25/h8-11,14,19H,12-13,15H2,1-7H3,(H,26,27). The molecule has 8 nitrogen and oxygen atoms in total. The van der Waals surface area contributed by atoms with E-state index in [1.54, 1.807) is 11.1 Å². The third-order valence-electron chi connectivity index (χ3n) is 6.41. The topological polar surface area (TPSA) is 85.9 Å². The SMILES string of the molecule is CC(C)(C)OC(=O)N1CCOCC1c1ncc(-c2ccc(B3OC(C)(C)C(C)(C)O3)cc2)[nH]1. The highest BCUT2D eigenvalue weighted by molar-refractivity contribution is 6.62. The van der Waals surface area contributed by atoms with Crippen LogP contribution in [0.1, 0.15) is 60.3 Å². The van der Waals surface area contributed by atoms with Crippen molar-refractivity contribution in [3.63, 3.8) is 0 Å². The molecule has 0 spiro atoms. The minimum atomic E-state index is -0.562. The van der Waals surface area contributed by atoms with Gasteiger partial charge in [0.25, 0.3) is 0 Å². The lowest BCUT2D eigenvalue weighted by Crippen LogP contribution is -2.46. The second-order valence-electron chi connectivity index (χ2n) is 10.7. The molecule has 1 unspecified atom stereocenters. The molecule has 0 saturated carbocycles. The number of imidazole rings is 1. The smallest absolute Gasteiger partial charge is 0.444 e. The maximum Gasteiger partial charge on any atom is 0.494 e. The molecule has 1 atom stereocenters. The first kappa shape index (κ1) is 23.8. The van der Waals surface area contributed by atoms with Gasteiger partial charge in [0.05, 0.1) is 36.3 Å². The highest BCUT2D eigenvalue weighted by Gasteiger charge is 2.51. The molecule has 0 aliphatic carbocycles. The minimum absolute atomic E-state index is 0.327. The first-order valence-corrected chi connectivity index (χ1v) is 11.4. The Kier molecular flexibility index (Phi) is 6.09. The molecular formula is C24H34BN3O5. The summed E-state index contributed by atoms with van der Waals surface area (Å²) in [7, 11) is -0.400. The van der Waals surface area contributed by atoms with Gasteiger partial charge in [0, 0.05) is 6.54 Å². The number of benzene rings is 1. The van der Waals surface area contributed by atoms with Crippen molar-refractivity contribution >= 4 is 18.7 Å². The van der Waals surface area contributed by atoms with Gasteiger partial charge in [-0.1, -0.05) is 24.3 Å². The minimum Gasteiger partial charge on any atom is -0.444 e. The lowest BCUT2D eigenvalue weighted by atomic mass is 9.79. The molecule has 2 saturated heterocycles. The van der Waals surface area contributed by atoms with Crippen LogP contribution in [0.2, 0.25) is 0 Å². The van der Waals surface area contributed by atoms with E-state index in [4.69, 9.17) is 18.8 Å². The summed E-state index contributed by atoms with van der Waals surface area (Å²) in [6.45, 7) is 15.1. The molecule has 2 aliphatic heterocycles. The summed E-state index contributed by atoms with van der Waals surface area (Å²) < 4.78 is 23.5. The van der Waals surface area contributed by atoms with Crippen molar-refractivity contribution < 1.29 is 23.6 Å². The Hall–Kier alpha value is -2.36. The van der Waals surface area contributed by atoms with Crippen LogP contribution in [-0.4, -0.2) is 64.6 Å². The number of nitrogens with zero attached hydrogens (tertiary/aromatic N) is 2. The van der Waals surface area contributed by atoms with Crippen LogP contribution >= 0.6 is 0 Å². The molecule has 178 valence electrons. The molecule has 4 rings (SSSR count). The zero-order chi connectivity index (χ0) is 24.0. The molecule has 0 radical (unpaired) electrons. The number of carbonyl (C=O) groups is 1. The molecular weight excluding hydrogens is 421 g/mol. The number of carbonyl (C=O) groups excluding carboxylic acids is 1. The van der Waals surface area contributed by atoms with Crippen molar-refractivity contribution in [3.05, 3.63) is 36.3 Å². The third-order valence-corrected chi connectivity index (χ3v) is 6.41. The first-order chi connectivity index (χ1) is 15.4. The van der Waals surface area contributed by atoms with Gasteiger partial charge >= 0.3 is 13.2 Å². The summed E-state index contributed by atoms with van der Waals surface area (Å²) >= 11 is 0. The van der Waals surface area contributed by atoms with Crippen molar-refractivity contribution in [1.29, 1.82) is 0 Å². The van der Waals surface area contributed by atoms with Crippen molar-refractivity contribution in [2.75, 3.05) is 19.8 Å². The van der Waals surface area contributed by atoms with E-state index < -0.39 is 12.7 Å². The van der Waals surface area contributed by atoms with Crippen LogP contribution in [0.15, 0.2) is 30.5 Å². The predicted octanol–water partition coefficient (Wildman–Crippen LogP) is 3.68. The summed E-state index contributed by atoms with van der Waals surface area (Å²) in [5.74, 6) is 0.672. The fraction of sp³-hybridized carbons (Fsp3) is 0.583. The van der Waals surface area contributed by atoms with Crippen LogP contribution in [0, 0.1) is 0 Å². The Labute approximate surface area is 196 Å². The molecule has 9 heteroatoms. The fourth-order valence-corrected chi connectivity index (χ4v) is 3.82. The normalized spacial score (nSPS) is 22.5. The molecule has 2 fully saturated rings. The number of nitrogens with one attached hydrogen (secondary N) is 1. The number of rotatable bonds is 3. The average Bonchev–Trinajstić information content (AvgIpc) is 3.29. The average molecular weight is 455 g/mol. The van der Waals surface area contributed by atoms with Gasteiger partial charge in [-0.2, -0.15) is 0 Å². The second-order valence-corrected chi connectivity index (χ2v) is 10.7. The van der Waals surface area contributed by atoms with E-state index >= 15 is 0 Å². The summed E-state index contributed by atoms with van der Waals surface area (Å²) in [6.07, 6.45) is 1.42. The maximum absolute atomic E-state index is 12.7. The van der Waals surface area contributed by atoms with Crippen LogP contribution < -0.4 is 5.46 Å². The van der Waals surface area contributed by atoms with E-state index in [0.29, 0.717) is 25.6 Å². The highest BCUT2D eigenvalue weighted by Crippen LogP contribution is 2.36. The van der Waals surface area contributed by atoms with Gasteiger partial charge in [-0.3, -0.25) is 4.90 Å². The number of hydrogen-bond donors (Lipinski definition) is 1. The molecule has 2 aliphatic rings. The molecule has 33 heavy (non-hydrogen) atoms. The van der Waals surface area contributed by atoms with Crippen LogP contribution in [-0.2, 0) is 18.8 Å². The van der Waals surface area contributed by atoms with Gasteiger partial charge in [-0.15, -0.1) is 0 Å². The van der Waals surface area contributed by atoms with Crippen LogP contribution in [0.3, 0.4) is 0 Å². The summed E-state index contributed by atoms with van der Waals surface area (Å²) in [5.41, 5.74) is 1.49. The van der Waals surface area contributed by atoms with Gasteiger partial charge in [-0.05, 0) is 59.5 Å². The Balaban J connectivity index is 1.49. The Morgan fingerprint density at radius 1 is 1.15 bits per heavy atom. The van der Waals surface area contributed by atoms with Gasteiger partial charge < -0.3 is 23.8 Å². The zero-order valence-corrected chi connectivity index (χ0v) is 20.6. The van der Waals surface area contributed by atoms with Gasteiger partial charge in [-0.25, -0.2) is 9.78 Å². The molecule has 1 aromatic heterocycles. The number of H-pyrrole nitrogens is 1. The summed E-state index contributed by atoms with van der Waals surface area (Å²) in [4.78, 5) is 22.3. The van der Waals surface area contributed by atoms with Crippen LogP contribution in [0.5, 0.6) is 0 Å². The molecule has 3 heterocycles. The lowest BCUT2D eigenvalue weighted by Gasteiger charge is -2.35. The van der Waals surface area contributed by atoms with Crippen molar-refractivity contribution in [2.24, 2.45) is 0 Å². The quantitative estimate of drug-likeness (QED) is 0.711. The first-order valence-electron chi connectivity index (χ1n) is 11.4. The zero-order valence-electron chi connectivity index (χ0n) is 20.6. The largest absolute Gasteiger partial charge is 0.494 e. The van der Waals surface area contributed by atoms with Gasteiger partial charge in [0.15, 0.2) is 0 Å². The second kappa shape index (κ2) is 8.45. The highest BCUT2D eigenvalue weighted by atomic mass is 16.7. The van der Waals surface area contributed by atoms with E-state index in [-0.39, 0.29) is 23.3 Å². The molecule has 1 amide bonds. The Bertz CT molecular complexity index is 980. The third kappa shape index (κ3) is 4.95. The number of amides is 1. The maximum atomic E-state index is 12.7. The summed E-state index contributed by atoms with van der Waals surface area (Å²) in [6, 6.07) is 7.72. The number of morpholine rings is 1. The number of hydrogen-bond acceptors (Lipinski definition) is 6. The number of aromatic nitrogens is 2. The Morgan fingerprint density at radius 3 is 2.39 bits per heavy atom. The van der Waals surface area contributed by atoms with Gasteiger partial charge in [0.1, 0.15) is 17.5 Å². The van der Waals surface area contributed by atoms with E-state index in [1.807, 2.05) is 72.7 Å². The molecule has 0 bridgehead atoms. The van der Waals surface area contributed by atoms with Crippen molar-refractivity contribution in [1.82, 2.24) is 14.9 Å². The Morgan fingerprint density at radius 2 is 1.79 bits per heavy atom. The van der Waals surface area contributed by atoms with Crippen molar-refractivity contribution in [3.8, 4) is 11.3 Å². The van der Waals surface area contributed by atoms with Crippen molar-refractivity contribution in [2.45, 2.75) is 71.3 Å². The number of aromatic amines is 1. The predicted molar refractivity (Wildman–Crippen MR) is 126 cm³/mol.